The van der Waals surface area contributed by atoms with E-state index in [1.807, 2.05) is 24.3 Å². The van der Waals surface area contributed by atoms with E-state index in [-0.39, 0.29) is 12.4 Å². The first kappa shape index (κ1) is 12.6. The Kier molecular flexibility index (Phi) is 3.92. The third kappa shape index (κ3) is 2.67. The van der Waals surface area contributed by atoms with Gasteiger partial charge in [-0.15, -0.1) is 0 Å². The summed E-state index contributed by atoms with van der Waals surface area (Å²) in [6.07, 6.45) is 2.39. The molecule has 2 rings (SSSR count). The van der Waals surface area contributed by atoms with E-state index in [1.54, 1.807) is 0 Å². The van der Waals surface area contributed by atoms with E-state index < -0.39 is 0 Å². The normalized spacial score (nSPS) is 10.6. The number of hydrogen-bond acceptors (Lipinski definition) is 3. The van der Waals surface area contributed by atoms with Gasteiger partial charge in [0.05, 0.1) is 24.7 Å². The van der Waals surface area contributed by atoms with Gasteiger partial charge in [-0.25, -0.2) is 0 Å². The fraction of sp³-hybridized carbons (Fsp3) is 0.333. The van der Waals surface area contributed by atoms with Crippen LogP contribution in [0.3, 0.4) is 0 Å². The molecular formula is C15H17NO2. The number of fused-ring (bicyclic) bond motifs is 1. The largest absolute Gasteiger partial charge is 0.469 e. The van der Waals surface area contributed by atoms with Gasteiger partial charge in [0.1, 0.15) is 0 Å². The van der Waals surface area contributed by atoms with Gasteiger partial charge < -0.3 is 4.74 Å². The average Bonchev–Trinajstić information content (AvgIpc) is 2.39. The number of methoxy groups -OCH3 is 1. The number of aromatic nitrogens is 1. The van der Waals surface area contributed by atoms with Gasteiger partial charge in [-0.1, -0.05) is 31.5 Å². The smallest absolute Gasteiger partial charge is 0.311 e. The molecule has 0 atom stereocenters. The van der Waals surface area contributed by atoms with Gasteiger partial charge in [0.25, 0.3) is 0 Å². The summed E-state index contributed by atoms with van der Waals surface area (Å²) in [4.78, 5) is 15.7. The molecule has 0 aliphatic carbocycles. The van der Waals surface area contributed by atoms with Crippen LogP contribution in [0.15, 0.2) is 30.3 Å². The van der Waals surface area contributed by atoms with Crippen molar-refractivity contribution in [2.75, 3.05) is 7.11 Å². The van der Waals surface area contributed by atoms with Crippen molar-refractivity contribution in [3.8, 4) is 0 Å². The Balaban J connectivity index is 2.37. The first-order chi connectivity index (χ1) is 8.74. The van der Waals surface area contributed by atoms with E-state index in [0.29, 0.717) is 0 Å². The van der Waals surface area contributed by atoms with Gasteiger partial charge in [-0.3, -0.25) is 9.78 Å². The Morgan fingerprint density at radius 2 is 2.11 bits per heavy atom. The van der Waals surface area contributed by atoms with E-state index >= 15 is 0 Å². The number of esters is 1. The molecule has 18 heavy (non-hydrogen) atoms. The quantitative estimate of drug-likeness (QED) is 0.775. The maximum atomic E-state index is 11.2. The summed E-state index contributed by atoms with van der Waals surface area (Å²) in [5.41, 5.74) is 3.01. The van der Waals surface area contributed by atoms with E-state index in [0.717, 1.165) is 24.1 Å². The molecule has 1 aromatic carbocycles. The van der Waals surface area contributed by atoms with E-state index in [4.69, 9.17) is 0 Å². The summed E-state index contributed by atoms with van der Waals surface area (Å²) in [6.45, 7) is 2.16. The van der Waals surface area contributed by atoms with Crippen molar-refractivity contribution in [3.63, 3.8) is 0 Å². The van der Waals surface area contributed by atoms with Crippen molar-refractivity contribution in [1.82, 2.24) is 4.98 Å². The van der Waals surface area contributed by atoms with Crippen LogP contribution in [-0.4, -0.2) is 18.1 Å². The molecule has 0 N–H and O–H groups in total. The predicted molar refractivity (Wildman–Crippen MR) is 71.5 cm³/mol. The molecule has 3 heteroatoms. The number of carbonyl (C=O) groups excluding carboxylic acids is 1. The van der Waals surface area contributed by atoms with Crippen LogP contribution >= 0.6 is 0 Å². The molecule has 0 radical (unpaired) electrons. The van der Waals surface area contributed by atoms with Gasteiger partial charge in [-0.2, -0.15) is 0 Å². The van der Waals surface area contributed by atoms with Crippen molar-refractivity contribution in [3.05, 3.63) is 41.6 Å². The predicted octanol–water partition coefficient (Wildman–Crippen LogP) is 2.90. The molecule has 0 unspecified atom stereocenters. The number of rotatable bonds is 4. The highest BCUT2D eigenvalue weighted by Crippen LogP contribution is 2.19. The molecule has 94 valence electrons. The van der Waals surface area contributed by atoms with Crippen LogP contribution in [0, 0.1) is 0 Å². The van der Waals surface area contributed by atoms with Crippen LogP contribution in [0.1, 0.15) is 24.6 Å². The number of ether oxygens (including phenoxy) is 1. The molecule has 0 saturated carbocycles. The third-order valence-corrected chi connectivity index (χ3v) is 2.95. The molecule has 0 aliphatic rings. The first-order valence-electron chi connectivity index (χ1n) is 6.19. The van der Waals surface area contributed by atoms with Crippen LogP contribution in [0.25, 0.3) is 10.9 Å². The zero-order valence-electron chi connectivity index (χ0n) is 10.8. The minimum absolute atomic E-state index is 0.227. The molecule has 0 bridgehead atoms. The van der Waals surface area contributed by atoms with Crippen molar-refractivity contribution >= 4 is 16.9 Å². The molecule has 1 heterocycles. The highest BCUT2D eigenvalue weighted by atomic mass is 16.5. The Labute approximate surface area is 107 Å². The van der Waals surface area contributed by atoms with Crippen molar-refractivity contribution in [2.24, 2.45) is 0 Å². The maximum absolute atomic E-state index is 11.2. The van der Waals surface area contributed by atoms with Crippen molar-refractivity contribution in [1.29, 1.82) is 0 Å². The lowest BCUT2D eigenvalue weighted by molar-refractivity contribution is -0.139. The Bertz CT molecular complexity index is 563. The van der Waals surface area contributed by atoms with Crippen LogP contribution in [0.5, 0.6) is 0 Å². The number of hydrogen-bond donors (Lipinski definition) is 0. The summed E-state index contributed by atoms with van der Waals surface area (Å²) in [7, 11) is 1.39. The average molecular weight is 243 g/mol. The van der Waals surface area contributed by atoms with Gasteiger partial charge in [0, 0.05) is 5.39 Å². The van der Waals surface area contributed by atoms with Gasteiger partial charge in [0.2, 0.25) is 0 Å². The monoisotopic (exact) mass is 243 g/mol. The second kappa shape index (κ2) is 5.63. The number of benzene rings is 1. The second-order valence-electron chi connectivity index (χ2n) is 4.29. The summed E-state index contributed by atoms with van der Waals surface area (Å²) in [6, 6.07) is 10.1. The lowest BCUT2D eigenvalue weighted by atomic mass is 10.0. The fourth-order valence-electron chi connectivity index (χ4n) is 2.07. The molecule has 0 saturated heterocycles. The zero-order valence-corrected chi connectivity index (χ0v) is 10.8. The minimum Gasteiger partial charge on any atom is -0.469 e. The third-order valence-electron chi connectivity index (χ3n) is 2.95. The van der Waals surface area contributed by atoms with Crippen molar-refractivity contribution in [2.45, 2.75) is 26.2 Å². The molecule has 3 nitrogen and oxygen atoms in total. The molecule has 0 spiro atoms. The second-order valence-corrected chi connectivity index (χ2v) is 4.29. The van der Waals surface area contributed by atoms with E-state index in [1.165, 1.54) is 18.1 Å². The summed E-state index contributed by atoms with van der Waals surface area (Å²) in [5.74, 6) is -0.258. The summed E-state index contributed by atoms with van der Waals surface area (Å²) < 4.78 is 4.65. The highest BCUT2D eigenvalue weighted by molar-refractivity contribution is 5.83. The van der Waals surface area contributed by atoms with Gasteiger partial charge in [-0.05, 0) is 24.1 Å². The number of nitrogens with zero attached hydrogens (tertiary/aromatic N) is 1. The maximum Gasteiger partial charge on any atom is 0.311 e. The van der Waals surface area contributed by atoms with Crippen LogP contribution < -0.4 is 0 Å². The molecule has 0 aliphatic heterocycles. The first-order valence-corrected chi connectivity index (χ1v) is 6.19. The lowest BCUT2D eigenvalue weighted by Crippen LogP contribution is -2.06. The molecule has 0 amide bonds. The Hall–Kier alpha value is -1.90. The SMILES string of the molecule is CCCc1cccc2nc(CC(=O)OC)ccc12. The molecule has 1 aromatic heterocycles. The lowest BCUT2D eigenvalue weighted by Gasteiger charge is -2.06. The fourth-order valence-corrected chi connectivity index (χ4v) is 2.07. The number of aryl methyl sites for hydroxylation is 1. The zero-order chi connectivity index (χ0) is 13.0. The number of pyridine rings is 1. The van der Waals surface area contributed by atoms with Gasteiger partial charge >= 0.3 is 5.97 Å². The van der Waals surface area contributed by atoms with Crippen LogP contribution in [0.4, 0.5) is 0 Å². The number of carbonyl (C=O) groups is 1. The van der Waals surface area contributed by atoms with Gasteiger partial charge in [0.15, 0.2) is 0 Å². The Morgan fingerprint density at radius 1 is 1.28 bits per heavy atom. The highest BCUT2D eigenvalue weighted by Gasteiger charge is 2.06. The molecular weight excluding hydrogens is 226 g/mol. The minimum atomic E-state index is -0.258. The van der Waals surface area contributed by atoms with Crippen molar-refractivity contribution < 1.29 is 9.53 Å². The standard InChI is InChI=1S/C15H17NO2/c1-3-5-11-6-4-7-14-13(11)9-8-12(16-14)10-15(17)18-2/h4,6-9H,3,5,10H2,1-2H3. The molecule has 0 fully saturated rings. The van der Waals surface area contributed by atoms with E-state index in [9.17, 15) is 4.79 Å². The molecule has 2 aromatic rings. The van der Waals surface area contributed by atoms with E-state index in [2.05, 4.69) is 22.7 Å². The van der Waals surface area contributed by atoms with Crippen LogP contribution in [0.2, 0.25) is 0 Å². The summed E-state index contributed by atoms with van der Waals surface area (Å²) >= 11 is 0. The van der Waals surface area contributed by atoms with Crippen LogP contribution in [-0.2, 0) is 22.4 Å². The summed E-state index contributed by atoms with van der Waals surface area (Å²) in [5, 5.41) is 1.17. The topological polar surface area (TPSA) is 39.2 Å². The Morgan fingerprint density at radius 3 is 2.83 bits per heavy atom.